The van der Waals surface area contributed by atoms with E-state index >= 15 is 0 Å². The molecule has 1 aromatic rings. The van der Waals surface area contributed by atoms with Crippen LogP contribution in [0, 0.1) is 13.8 Å². The summed E-state index contributed by atoms with van der Waals surface area (Å²) in [5.41, 5.74) is 10.2. The lowest BCUT2D eigenvalue weighted by Crippen LogP contribution is -2.41. The molecule has 0 aromatic heterocycles. The van der Waals surface area contributed by atoms with Gasteiger partial charge in [0, 0.05) is 18.6 Å². The van der Waals surface area contributed by atoms with E-state index in [4.69, 9.17) is 5.73 Å². The number of piperidine rings is 1. The van der Waals surface area contributed by atoms with Crippen molar-refractivity contribution >= 4 is 0 Å². The number of hydrogen-bond acceptors (Lipinski definition) is 2. The molecule has 1 fully saturated rings. The van der Waals surface area contributed by atoms with E-state index in [1.165, 1.54) is 42.5 Å². The van der Waals surface area contributed by atoms with Crippen LogP contribution in [-0.4, -0.2) is 23.5 Å². The van der Waals surface area contributed by atoms with Crippen molar-refractivity contribution in [2.24, 2.45) is 5.73 Å². The Balaban J connectivity index is 2.04. The zero-order valence-electron chi connectivity index (χ0n) is 12.7. The number of nitrogens with two attached hydrogens (primary N) is 1. The Hall–Kier alpha value is -0.860. The molecule has 2 heteroatoms. The van der Waals surface area contributed by atoms with Gasteiger partial charge < -0.3 is 5.73 Å². The second-order valence-corrected chi connectivity index (χ2v) is 6.25. The van der Waals surface area contributed by atoms with Gasteiger partial charge in [-0.2, -0.15) is 0 Å². The lowest BCUT2D eigenvalue weighted by molar-refractivity contribution is 0.127. The summed E-state index contributed by atoms with van der Waals surface area (Å²) < 4.78 is 0. The van der Waals surface area contributed by atoms with Crippen LogP contribution < -0.4 is 5.73 Å². The molecule has 0 bridgehead atoms. The van der Waals surface area contributed by atoms with Gasteiger partial charge in [-0.15, -0.1) is 0 Å². The van der Waals surface area contributed by atoms with Gasteiger partial charge in [-0.1, -0.05) is 24.6 Å². The lowest BCUT2D eigenvalue weighted by Gasteiger charge is -2.36. The monoisotopic (exact) mass is 260 g/mol. The average Bonchev–Trinajstić information content (AvgIpc) is 2.36. The minimum Gasteiger partial charge on any atom is -0.328 e. The maximum atomic E-state index is 6.00. The molecule has 1 aliphatic heterocycles. The molecule has 1 saturated heterocycles. The maximum absolute atomic E-state index is 6.00. The molecule has 0 radical (unpaired) electrons. The van der Waals surface area contributed by atoms with E-state index in [-0.39, 0.29) is 0 Å². The fourth-order valence-electron chi connectivity index (χ4n) is 3.10. The van der Waals surface area contributed by atoms with Gasteiger partial charge in [-0.3, -0.25) is 4.90 Å². The summed E-state index contributed by atoms with van der Waals surface area (Å²) in [6.07, 6.45) is 5.14. The van der Waals surface area contributed by atoms with E-state index < -0.39 is 0 Å². The highest BCUT2D eigenvalue weighted by molar-refractivity contribution is 5.29. The zero-order chi connectivity index (χ0) is 13.8. The number of rotatable bonds is 4. The van der Waals surface area contributed by atoms with Crippen LogP contribution >= 0.6 is 0 Å². The summed E-state index contributed by atoms with van der Waals surface area (Å²) in [6, 6.07) is 7.85. The van der Waals surface area contributed by atoms with Gasteiger partial charge in [0.25, 0.3) is 0 Å². The second kappa shape index (κ2) is 6.53. The molecule has 0 aliphatic carbocycles. The van der Waals surface area contributed by atoms with Crippen molar-refractivity contribution in [2.75, 3.05) is 6.54 Å². The SMILES string of the molecule is Cc1ccc(CN2CCCCC2CC(C)N)cc1C. The Morgan fingerprint density at radius 1 is 1.26 bits per heavy atom. The quantitative estimate of drug-likeness (QED) is 0.899. The first-order valence-corrected chi connectivity index (χ1v) is 7.62. The van der Waals surface area contributed by atoms with Crippen LogP contribution in [0.5, 0.6) is 0 Å². The fraction of sp³-hybridized carbons (Fsp3) is 0.647. The molecule has 106 valence electrons. The smallest absolute Gasteiger partial charge is 0.0236 e. The summed E-state index contributed by atoms with van der Waals surface area (Å²) in [6.45, 7) is 8.82. The van der Waals surface area contributed by atoms with Crippen molar-refractivity contribution in [3.63, 3.8) is 0 Å². The van der Waals surface area contributed by atoms with E-state index in [1.807, 2.05) is 0 Å². The van der Waals surface area contributed by atoms with Gasteiger partial charge in [-0.25, -0.2) is 0 Å². The highest BCUT2D eigenvalue weighted by atomic mass is 15.2. The van der Waals surface area contributed by atoms with E-state index in [0.717, 1.165) is 13.0 Å². The van der Waals surface area contributed by atoms with Gasteiger partial charge >= 0.3 is 0 Å². The van der Waals surface area contributed by atoms with Crippen LogP contribution in [0.2, 0.25) is 0 Å². The van der Waals surface area contributed by atoms with Crippen molar-refractivity contribution in [3.05, 3.63) is 34.9 Å². The van der Waals surface area contributed by atoms with E-state index in [1.54, 1.807) is 0 Å². The first-order valence-electron chi connectivity index (χ1n) is 7.62. The Bertz CT molecular complexity index is 412. The molecule has 2 nitrogen and oxygen atoms in total. The highest BCUT2D eigenvalue weighted by Gasteiger charge is 2.23. The Labute approximate surface area is 118 Å². The lowest BCUT2D eigenvalue weighted by atomic mass is 9.95. The van der Waals surface area contributed by atoms with Crippen molar-refractivity contribution in [2.45, 2.75) is 65.1 Å². The molecule has 2 atom stereocenters. The molecule has 2 rings (SSSR count). The van der Waals surface area contributed by atoms with Crippen LogP contribution in [0.3, 0.4) is 0 Å². The molecular formula is C17H28N2. The predicted molar refractivity (Wildman–Crippen MR) is 82.2 cm³/mol. The molecule has 1 aliphatic rings. The average molecular weight is 260 g/mol. The van der Waals surface area contributed by atoms with Crippen molar-refractivity contribution in [1.82, 2.24) is 4.90 Å². The van der Waals surface area contributed by atoms with Crippen LogP contribution in [0.4, 0.5) is 0 Å². The normalized spacial score (nSPS) is 22.4. The summed E-state index contributed by atoms with van der Waals surface area (Å²) in [4.78, 5) is 2.64. The molecule has 1 aromatic carbocycles. The van der Waals surface area contributed by atoms with Crippen LogP contribution in [0.25, 0.3) is 0 Å². The molecule has 1 heterocycles. The molecule has 0 spiro atoms. The first-order chi connectivity index (χ1) is 9.06. The third-order valence-electron chi connectivity index (χ3n) is 4.35. The standard InChI is InChI=1S/C17H28N2/c1-13-7-8-16(10-14(13)2)12-19-9-5-4-6-17(19)11-15(3)18/h7-8,10,15,17H,4-6,9,11-12,18H2,1-3H3. The molecule has 19 heavy (non-hydrogen) atoms. The number of nitrogens with zero attached hydrogens (tertiary/aromatic N) is 1. The van der Waals surface area contributed by atoms with Crippen molar-refractivity contribution in [3.8, 4) is 0 Å². The molecule has 0 amide bonds. The number of benzene rings is 1. The third-order valence-corrected chi connectivity index (χ3v) is 4.35. The maximum Gasteiger partial charge on any atom is 0.0236 e. The minimum absolute atomic E-state index is 0.311. The molecule has 0 saturated carbocycles. The number of aryl methyl sites for hydroxylation is 2. The Morgan fingerprint density at radius 2 is 2.05 bits per heavy atom. The Morgan fingerprint density at radius 3 is 2.74 bits per heavy atom. The first kappa shape index (κ1) is 14.5. The predicted octanol–water partition coefficient (Wildman–Crippen LogP) is 3.40. The molecule has 2 N–H and O–H groups in total. The summed E-state index contributed by atoms with van der Waals surface area (Å²) in [5.74, 6) is 0. The van der Waals surface area contributed by atoms with E-state index in [9.17, 15) is 0 Å². The topological polar surface area (TPSA) is 29.3 Å². The summed E-state index contributed by atoms with van der Waals surface area (Å²) >= 11 is 0. The molecule has 2 unspecified atom stereocenters. The summed E-state index contributed by atoms with van der Waals surface area (Å²) in [5, 5.41) is 0. The van der Waals surface area contributed by atoms with Gasteiger partial charge in [0.05, 0.1) is 0 Å². The van der Waals surface area contributed by atoms with Crippen LogP contribution in [0.1, 0.15) is 49.3 Å². The highest BCUT2D eigenvalue weighted by Crippen LogP contribution is 2.23. The third kappa shape index (κ3) is 4.05. The van der Waals surface area contributed by atoms with Gasteiger partial charge in [0.2, 0.25) is 0 Å². The zero-order valence-corrected chi connectivity index (χ0v) is 12.7. The van der Waals surface area contributed by atoms with Crippen LogP contribution in [0.15, 0.2) is 18.2 Å². The summed E-state index contributed by atoms with van der Waals surface area (Å²) in [7, 11) is 0. The van der Waals surface area contributed by atoms with Gasteiger partial charge in [0.1, 0.15) is 0 Å². The van der Waals surface area contributed by atoms with E-state index in [0.29, 0.717) is 12.1 Å². The Kier molecular flexibility index (Phi) is 5.00. The second-order valence-electron chi connectivity index (χ2n) is 6.25. The van der Waals surface area contributed by atoms with E-state index in [2.05, 4.69) is 43.9 Å². The number of hydrogen-bond donors (Lipinski definition) is 1. The largest absolute Gasteiger partial charge is 0.328 e. The fourth-order valence-corrected chi connectivity index (χ4v) is 3.10. The van der Waals surface area contributed by atoms with Crippen molar-refractivity contribution in [1.29, 1.82) is 0 Å². The van der Waals surface area contributed by atoms with Gasteiger partial charge in [-0.05, 0) is 63.3 Å². The van der Waals surface area contributed by atoms with Crippen LogP contribution in [-0.2, 0) is 6.54 Å². The van der Waals surface area contributed by atoms with Crippen molar-refractivity contribution < 1.29 is 0 Å². The number of likely N-dealkylation sites (tertiary alicyclic amines) is 1. The molecular weight excluding hydrogens is 232 g/mol. The minimum atomic E-state index is 0.311. The van der Waals surface area contributed by atoms with Gasteiger partial charge in [0.15, 0.2) is 0 Å².